The molecule has 20 heavy (non-hydrogen) atoms. The van der Waals surface area contributed by atoms with Crippen molar-refractivity contribution in [3.8, 4) is 11.3 Å². The van der Waals surface area contributed by atoms with E-state index in [9.17, 15) is 9.90 Å². The minimum atomic E-state index is -1.10. The summed E-state index contributed by atoms with van der Waals surface area (Å²) in [6, 6.07) is 3.46. The molecule has 0 unspecified atom stereocenters. The maximum atomic E-state index is 11.2. The molecule has 0 atom stereocenters. The zero-order valence-corrected chi connectivity index (χ0v) is 11.2. The highest BCUT2D eigenvalue weighted by Gasteiger charge is 2.20. The summed E-state index contributed by atoms with van der Waals surface area (Å²) >= 11 is 0. The number of rotatable bonds is 7. The van der Waals surface area contributed by atoms with E-state index in [1.54, 1.807) is 29.2 Å². The molecular formula is C13H16N4O3. The van der Waals surface area contributed by atoms with Gasteiger partial charge in [-0.3, -0.25) is 4.98 Å². The van der Waals surface area contributed by atoms with Gasteiger partial charge in [-0.1, -0.05) is 12.1 Å². The second-order valence-corrected chi connectivity index (χ2v) is 4.16. The Balaban J connectivity index is 2.26. The third-order valence-corrected chi connectivity index (χ3v) is 2.69. The lowest BCUT2D eigenvalue weighted by Crippen LogP contribution is -2.10. The van der Waals surface area contributed by atoms with Crippen LogP contribution in [0.3, 0.4) is 0 Å². The van der Waals surface area contributed by atoms with Gasteiger partial charge < -0.3 is 9.84 Å². The molecule has 0 aromatic carbocycles. The first-order valence-corrected chi connectivity index (χ1v) is 6.39. The van der Waals surface area contributed by atoms with Gasteiger partial charge in [-0.05, 0) is 18.6 Å². The number of carboxylic acids is 1. The molecule has 7 nitrogen and oxygen atoms in total. The molecule has 0 saturated carbocycles. The van der Waals surface area contributed by atoms with Crippen molar-refractivity contribution in [1.29, 1.82) is 0 Å². The lowest BCUT2D eigenvalue weighted by atomic mass is 10.1. The fraction of sp³-hybridized carbons (Fsp3) is 0.385. The molecule has 2 heterocycles. The predicted octanol–water partition coefficient (Wildman–Crippen LogP) is 1.46. The number of hydrogen-bond donors (Lipinski definition) is 1. The third kappa shape index (κ3) is 3.18. The molecule has 0 saturated heterocycles. The van der Waals surface area contributed by atoms with Gasteiger partial charge in [-0.25, -0.2) is 9.48 Å². The Kier molecular flexibility index (Phi) is 4.78. The van der Waals surface area contributed by atoms with Crippen LogP contribution in [0.15, 0.2) is 24.5 Å². The standard InChI is InChI=1S/C13H16N4O3/c1-2-8-20-9-7-17-12(10-3-5-14-6-4-10)11(13(18)19)15-16-17/h3-6H,2,7-9H2,1H3,(H,18,19). The normalized spacial score (nSPS) is 10.7. The lowest BCUT2D eigenvalue weighted by molar-refractivity contribution is 0.0691. The van der Waals surface area contributed by atoms with Crippen LogP contribution in [-0.4, -0.2) is 44.3 Å². The van der Waals surface area contributed by atoms with E-state index in [0.29, 0.717) is 25.5 Å². The smallest absolute Gasteiger partial charge is 0.358 e. The minimum Gasteiger partial charge on any atom is -0.476 e. The summed E-state index contributed by atoms with van der Waals surface area (Å²) in [4.78, 5) is 15.1. The van der Waals surface area contributed by atoms with E-state index in [2.05, 4.69) is 15.3 Å². The average molecular weight is 276 g/mol. The second kappa shape index (κ2) is 6.76. The number of ether oxygens (including phenoxy) is 1. The molecule has 2 rings (SSSR count). The molecule has 0 amide bonds. The van der Waals surface area contributed by atoms with Crippen molar-refractivity contribution >= 4 is 5.97 Å². The Morgan fingerprint density at radius 1 is 1.35 bits per heavy atom. The fourth-order valence-electron chi connectivity index (χ4n) is 1.81. The predicted molar refractivity (Wildman–Crippen MR) is 71.3 cm³/mol. The number of nitrogens with zero attached hydrogens (tertiary/aromatic N) is 4. The minimum absolute atomic E-state index is 0.0632. The Hall–Kier alpha value is -2.28. The maximum Gasteiger partial charge on any atom is 0.358 e. The maximum absolute atomic E-state index is 11.2. The van der Waals surface area contributed by atoms with Gasteiger partial charge in [0.1, 0.15) is 5.69 Å². The van der Waals surface area contributed by atoms with Crippen molar-refractivity contribution in [2.45, 2.75) is 19.9 Å². The molecule has 2 aromatic rings. The van der Waals surface area contributed by atoms with E-state index >= 15 is 0 Å². The quantitative estimate of drug-likeness (QED) is 0.770. The number of pyridine rings is 1. The molecule has 7 heteroatoms. The Morgan fingerprint density at radius 3 is 2.75 bits per heavy atom. The first-order valence-electron chi connectivity index (χ1n) is 6.39. The van der Waals surface area contributed by atoms with Crippen LogP contribution in [0.5, 0.6) is 0 Å². The molecule has 0 spiro atoms. The number of aromatic carboxylic acids is 1. The van der Waals surface area contributed by atoms with E-state index in [-0.39, 0.29) is 5.69 Å². The molecule has 0 fully saturated rings. The summed E-state index contributed by atoms with van der Waals surface area (Å²) in [5.74, 6) is -1.10. The van der Waals surface area contributed by atoms with E-state index in [1.807, 2.05) is 6.92 Å². The molecule has 106 valence electrons. The average Bonchev–Trinajstić information content (AvgIpc) is 2.88. The van der Waals surface area contributed by atoms with E-state index < -0.39 is 5.97 Å². The molecule has 1 N–H and O–H groups in total. The van der Waals surface area contributed by atoms with Crippen LogP contribution >= 0.6 is 0 Å². The van der Waals surface area contributed by atoms with E-state index in [1.165, 1.54) is 0 Å². The largest absolute Gasteiger partial charge is 0.476 e. The summed E-state index contributed by atoms with van der Waals surface area (Å²) in [5.41, 5.74) is 1.13. The van der Waals surface area contributed by atoms with Gasteiger partial charge in [0.25, 0.3) is 0 Å². The van der Waals surface area contributed by atoms with Crippen LogP contribution in [0, 0.1) is 0 Å². The van der Waals surface area contributed by atoms with E-state index in [4.69, 9.17) is 4.74 Å². The highest BCUT2D eigenvalue weighted by atomic mass is 16.5. The molecule has 0 radical (unpaired) electrons. The highest BCUT2D eigenvalue weighted by molar-refractivity contribution is 5.92. The summed E-state index contributed by atoms with van der Waals surface area (Å²) < 4.78 is 6.95. The summed E-state index contributed by atoms with van der Waals surface area (Å²) in [5, 5.41) is 16.8. The lowest BCUT2D eigenvalue weighted by Gasteiger charge is -2.07. The van der Waals surface area contributed by atoms with Gasteiger partial charge in [0.05, 0.1) is 13.2 Å². The van der Waals surface area contributed by atoms with Crippen molar-refractivity contribution in [3.05, 3.63) is 30.2 Å². The van der Waals surface area contributed by atoms with Crippen LogP contribution in [0.25, 0.3) is 11.3 Å². The Bertz CT molecular complexity index is 568. The van der Waals surface area contributed by atoms with Gasteiger partial charge in [-0.2, -0.15) is 0 Å². The molecule has 2 aromatic heterocycles. The Labute approximate surface area is 116 Å². The molecule has 0 bridgehead atoms. The van der Waals surface area contributed by atoms with Gasteiger partial charge in [0.15, 0.2) is 5.69 Å². The van der Waals surface area contributed by atoms with Crippen LogP contribution in [-0.2, 0) is 11.3 Å². The molecular weight excluding hydrogens is 260 g/mol. The van der Waals surface area contributed by atoms with Crippen LogP contribution in [0.4, 0.5) is 0 Å². The van der Waals surface area contributed by atoms with Crippen molar-refractivity contribution in [3.63, 3.8) is 0 Å². The SMILES string of the molecule is CCCOCCn1nnc(C(=O)O)c1-c1ccncc1. The van der Waals surface area contributed by atoms with Gasteiger partial charge in [0.2, 0.25) is 0 Å². The summed E-state index contributed by atoms with van der Waals surface area (Å²) in [7, 11) is 0. The van der Waals surface area contributed by atoms with Gasteiger partial charge in [-0.15, -0.1) is 5.10 Å². The third-order valence-electron chi connectivity index (χ3n) is 2.69. The summed E-state index contributed by atoms with van der Waals surface area (Å²) in [6.07, 6.45) is 4.15. The van der Waals surface area contributed by atoms with Crippen molar-refractivity contribution in [1.82, 2.24) is 20.0 Å². The number of carboxylic acid groups (broad SMARTS) is 1. The topological polar surface area (TPSA) is 90.1 Å². The number of carbonyl (C=O) groups is 1. The monoisotopic (exact) mass is 276 g/mol. The van der Waals surface area contributed by atoms with Crippen molar-refractivity contribution < 1.29 is 14.6 Å². The molecule has 0 aliphatic carbocycles. The molecule has 0 aliphatic heterocycles. The fourth-order valence-corrected chi connectivity index (χ4v) is 1.81. The van der Waals surface area contributed by atoms with Crippen LogP contribution in [0.2, 0.25) is 0 Å². The zero-order valence-electron chi connectivity index (χ0n) is 11.2. The highest BCUT2D eigenvalue weighted by Crippen LogP contribution is 2.21. The van der Waals surface area contributed by atoms with Crippen molar-refractivity contribution in [2.75, 3.05) is 13.2 Å². The van der Waals surface area contributed by atoms with Gasteiger partial charge in [0, 0.05) is 24.6 Å². The Morgan fingerprint density at radius 2 is 2.10 bits per heavy atom. The van der Waals surface area contributed by atoms with E-state index in [0.717, 1.165) is 12.0 Å². The first-order chi connectivity index (χ1) is 9.74. The van der Waals surface area contributed by atoms with Crippen molar-refractivity contribution in [2.24, 2.45) is 0 Å². The first kappa shape index (κ1) is 14.1. The number of aromatic nitrogens is 4. The second-order valence-electron chi connectivity index (χ2n) is 4.16. The van der Waals surface area contributed by atoms with Gasteiger partial charge >= 0.3 is 5.97 Å². The number of hydrogen-bond acceptors (Lipinski definition) is 5. The van der Waals surface area contributed by atoms with Crippen LogP contribution < -0.4 is 0 Å². The molecule has 0 aliphatic rings. The summed E-state index contributed by atoms with van der Waals surface area (Å²) in [6.45, 7) is 3.62. The zero-order chi connectivity index (χ0) is 14.4. The van der Waals surface area contributed by atoms with Crippen LogP contribution in [0.1, 0.15) is 23.8 Å².